The van der Waals surface area contributed by atoms with Crippen molar-refractivity contribution in [1.82, 2.24) is 0 Å². The first-order chi connectivity index (χ1) is 8.81. The van der Waals surface area contributed by atoms with Crippen LogP contribution in [-0.2, 0) is 6.42 Å². The summed E-state index contributed by atoms with van der Waals surface area (Å²) in [7, 11) is 0. The molecule has 0 heterocycles. The second-order valence-electron chi connectivity index (χ2n) is 4.29. The third-order valence-corrected chi connectivity index (χ3v) is 2.89. The molecule has 18 heavy (non-hydrogen) atoms. The van der Waals surface area contributed by atoms with Gasteiger partial charge in [-0.25, -0.2) is 0 Å². The molecule has 0 atom stereocenters. The van der Waals surface area contributed by atoms with Crippen LogP contribution in [0, 0.1) is 0 Å². The van der Waals surface area contributed by atoms with Crippen LogP contribution in [0.2, 0.25) is 0 Å². The van der Waals surface area contributed by atoms with Gasteiger partial charge in [0.2, 0.25) is 0 Å². The predicted molar refractivity (Wildman–Crippen MR) is 79.7 cm³/mol. The normalized spacial score (nSPS) is 10.1. The van der Waals surface area contributed by atoms with E-state index in [4.69, 9.17) is 0 Å². The lowest BCUT2D eigenvalue weighted by Crippen LogP contribution is -1.96. The van der Waals surface area contributed by atoms with Crippen LogP contribution in [0.15, 0.2) is 48.5 Å². The fourth-order valence-corrected chi connectivity index (χ4v) is 1.91. The van der Waals surface area contributed by atoms with Gasteiger partial charge in [0, 0.05) is 23.6 Å². The van der Waals surface area contributed by atoms with E-state index in [2.05, 4.69) is 73.0 Å². The number of hydrogen-bond donors (Lipinski definition) is 2. The summed E-state index contributed by atoms with van der Waals surface area (Å²) < 4.78 is 0. The maximum Gasteiger partial charge on any atom is 0.0386 e. The number of aryl methyl sites for hydroxylation is 1. The van der Waals surface area contributed by atoms with Crippen LogP contribution in [-0.4, -0.2) is 6.54 Å². The summed E-state index contributed by atoms with van der Waals surface area (Å²) in [5, 5.41) is 6.71. The number of hydrogen-bond acceptors (Lipinski definition) is 2. The van der Waals surface area contributed by atoms with E-state index in [-0.39, 0.29) is 0 Å². The molecule has 2 aromatic carbocycles. The topological polar surface area (TPSA) is 24.1 Å². The van der Waals surface area contributed by atoms with Crippen LogP contribution in [0.1, 0.15) is 19.4 Å². The highest BCUT2D eigenvalue weighted by atomic mass is 14.9. The Morgan fingerprint density at radius 1 is 0.833 bits per heavy atom. The molecule has 0 saturated heterocycles. The zero-order valence-electron chi connectivity index (χ0n) is 11.0. The molecule has 0 fully saturated rings. The highest BCUT2D eigenvalue weighted by Crippen LogP contribution is 2.19. The Bertz CT molecular complexity index is 489. The fraction of sp³-hybridized carbons (Fsp3) is 0.250. The molecule has 2 N–H and O–H groups in total. The van der Waals surface area contributed by atoms with Crippen LogP contribution in [0.25, 0.3) is 0 Å². The highest BCUT2D eigenvalue weighted by Gasteiger charge is 1.96. The fourth-order valence-electron chi connectivity index (χ4n) is 1.91. The molecular formula is C16H20N2. The van der Waals surface area contributed by atoms with Crippen molar-refractivity contribution in [3.8, 4) is 0 Å². The van der Waals surface area contributed by atoms with E-state index in [1.165, 1.54) is 5.56 Å². The first-order valence-electron chi connectivity index (χ1n) is 6.51. The SMILES string of the molecule is CCNc1ccc(Nc2cccc(CC)c2)cc1. The maximum absolute atomic E-state index is 3.42. The molecule has 0 amide bonds. The Balaban J connectivity index is 2.08. The molecule has 0 unspecified atom stereocenters. The van der Waals surface area contributed by atoms with Crippen molar-refractivity contribution in [3.63, 3.8) is 0 Å². The third kappa shape index (κ3) is 3.27. The number of nitrogens with one attached hydrogen (secondary N) is 2. The minimum atomic E-state index is 0.950. The summed E-state index contributed by atoms with van der Waals surface area (Å²) in [6, 6.07) is 16.9. The molecule has 2 heteroatoms. The van der Waals surface area contributed by atoms with Gasteiger partial charge in [-0.3, -0.25) is 0 Å². The number of anilines is 3. The van der Waals surface area contributed by atoms with Gasteiger partial charge in [-0.2, -0.15) is 0 Å². The van der Waals surface area contributed by atoms with Gasteiger partial charge < -0.3 is 10.6 Å². The van der Waals surface area contributed by atoms with Crippen LogP contribution in [0.4, 0.5) is 17.1 Å². The van der Waals surface area contributed by atoms with Gasteiger partial charge in [-0.1, -0.05) is 19.1 Å². The van der Waals surface area contributed by atoms with E-state index < -0.39 is 0 Å². The standard InChI is InChI=1S/C16H20N2/c1-3-13-6-5-7-16(12-13)18-15-10-8-14(9-11-15)17-4-2/h5-12,17-18H,3-4H2,1-2H3. The summed E-state index contributed by atoms with van der Waals surface area (Å²) >= 11 is 0. The molecule has 0 aliphatic heterocycles. The maximum atomic E-state index is 3.42. The minimum Gasteiger partial charge on any atom is -0.385 e. The Morgan fingerprint density at radius 2 is 1.56 bits per heavy atom. The van der Waals surface area contributed by atoms with E-state index in [1.807, 2.05) is 0 Å². The second kappa shape index (κ2) is 6.10. The summed E-state index contributed by atoms with van der Waals surface area (Å²) in [6.07, 6.45) is 1.06. The lowest BCUT2D eigenvalue weighted by Gasteiger charge is -2.09. The van der Waals surface area contributed by atoms with Gasteiger partial charge in [0.05, 0.1) is 0 Å². The Kier molecular flexibility index (Phi) is 4.24. The molecule has 0 aliphatic rings. The molecule has 94 valence electrons. The lowest BCUT2D eigenvalue weighted by atomic mass is 10.1. The minimum absolute atomic E-state index is 0.950. The van der Waals surface area contributed by atoms with Crippen LogP contribution in [0.5, 0.6) is 0 Å². The summed E-state index contributed by atoms with van der Waals surface area (Å²) in [4.78, 5) is 0. The van der Waals surface area contributed by atoms with Crippen molar-refractivity contribution in [2.45, 2.75) is 20.3 Å². The van der Waals surface area contributed by atoms with Crippen molar-refractivity contribution < 1.29 is 0 Å². The van der Waals surface area contributed by atoms with E-state index in [0.717, 1.165) is 30.0 Å². The Hall–Kier alpha value is -1.96. The van der Waals surface area contributed by atoms with Gasteiger partial charge in [0.1, 0.15) is 0 Å². The molecule has 0 radical (unpaired) electrons. The van der Waals surface area contributed by atoms with Crippen LogP contribution >= 0.6 is 0 Å². The van der Waals surface area contributed by atoms with Crippen LogP contribution in [0.3, 0.4) is 0 Å². The first kappa shape index (κ1) is 12.5. The molecule has 2 aromatic rings. The Labute approximate surface area is 109 Å². The summed E-state index contributed by atoms with van der Waals surface area (Å²) in [5.74, 6) is 0. The average molecular weight is 240 g/mol. The van der Waals surface area contributed by atoms with Crippen molar-refractivity contribution in [2.24, 2.45) is 0 Å². The number of benzene rings is 2. The molecule has 0 aliphatic carbocycles. The van der Waals surface area contributed by atoms with E-state index in [1.54, 1.807) is 0 Å². The molecule has 0 spiro atoms. The summed E-state index contributed by atoms with van der Waals surface area (Å²) in [5.41, 5.74) is 4.77. The molecular weight excluding hydrogens is 220 g/mol. The third-order valence-electron chi connectivity index (χ3n) is 2.89. The average Bonchev–Trinajstić information content (AvgIpc) is 2.42. The van der Waals surface area contributed by atoms with Gasteiger partial charge >= 0.3 is 0 Å². The van der Waals surface area contributed by atoms with Crippen molar-refractivity contribution in [3.05, 3.63) is 54.1 Å². The van der Waals surface area contributed by atoms with Gasteiger partial charge in [-0.15, -0.1) is 0 Å². The molecule has 0 aromatic heterocycles. The first-order valence-corrected chi connectivity index (χ1v) is 6.51. The second-order valence-corrected chi connectivity index (χ2v) is 4.29. The van der Waals surface area contributed by atoms with Gasteiger partial charge in [0.15, 0.2) is 0 Å². The smallest absolute Gasteiger partial charge is 0.0386 e. The van der Waals surface area contributed by atoms with Crippen molar-refractivity contribution >= 4 is 17.1 Å². The molecule has 2 nitrogen and oxygen atoms in total. The zero-order chi connectivity index (χ0) is 12.8. The lowest BCUT2D eigenvalue weighted by molar-refractivity contribution is 1.14. The largest absolute Gasteiger partial charge is 0.385 e. The molecule has 0 saturated carbocycles. The zero-order valence-corrected chi connectivity index (χ0v) is 11.0. The highest BCUT2D eigenvalue weighted by molar-refractivity contribution is 5.62. The van der Waals surface area contributed by atoms with Gasteiger partial charge in [0.25, 0.3) is 0 Å². The van der Waals surface area contributed by atoms with Gasteiger partial charge in [-0.05, 0) is 55.3 Å². The van der Waals surface area contributed by atoms with E-state index in [9.17, 15) is 0 Å². The molecule has 2 rings (SSSR count). The van der Waals surface area contributed by atoms with E-state index >= 15 is 0 Å². The molecule has 0 bridgehead atoms. The quantitative estimate of drug-likeness (QED) is 0.808. The Morgan fingerprint density at radius 3 is 2.22 bits per heavy atom. The number of rotatable bonds is 5. The van der Waals surface area contributed by atoms with E-state index in [0.29, 0.717) is 0 Å². The monoisotopic (exact) mass is 240 g/mol. The van der Waals surface area contributed by atoms with Crippen molar-refractivity contribution in [1.29, 1.82) is 0 Å². The summed E-state index contributed by atoms with van der Waals surface area (Å²) in [6.45, 7) is 5.22. The predicted octanol–water partition coefficient (Wildman–Crippen LogP) is 4.42. The van der Waals surface area contributed by atoms with Crippen LogP contribution < -0.4 is 10.6 Å². The van der Waals surface area contributed by atoms with Crippen molar-refractivity contribution in [2.75, 3.05) is 17.2 Å².